The van der Waals surface area contributed by atoms with Crippen molar-refractivity contribution in [1.29, 1.82) is 0 Å². The van der Waals surface area contributed by atoms with E-state index in [9.17, 15) is 9.59 Å². The van der Waals surface area contributed by atoms with Crippen molar-refractivity contribution in [3.8, 4) is 0 Å². The van der Waals surface area contributed by atoms with Gasteiger partial charge in [-0.2, -0.15) is 0 Å². The molecule has 5 rings (SSSR count). The van der Waals surface area contributed by atoms with Gasteiger partial charge in [-0.15, -0.1) is 0 Å². The summed E-state index contributed by atoms with van der Waals surface area (Å²) in [5.74, 6) is 0.0740. The fraction of sp³-hybridized carbons (Fsp3) is 0.394. The quantitative estimate of drug-likeness (QED) is 0.309. The smallest absolute Gasteiger partial charge is 0.312 e. The topological polar surface area (TPSA) is 78.7 Å². The lowest BCUT2D eigenvalue weighted by Gasteiger charge is -2.45. The van der Waals surface area contributed by atoms with Crippen LogP contribution in [0.4, 0.5) is 4.79 Å². The average Bonchev–Trinajstić information content (AvgIpc) is 3.00. The summed E-state index contributed by atoms with van der Waals surface area (Å²) in [6.07, 6.45) is 5.44. The van der Waals surface area contributed by atoms with Gasteiger partial charge in [-0.05, 0) is 80.5 Å². The van der Waals surface area contributed by atoms with E-state index in [0.717, 1.165) is 81.4 Å². The highest BCUT2D eigenvalue weighted by Gasteiger charge is 2.40. The fourth-order valence-electron chi connectivity index (χ4n) is 6.76. The Hall–Kier alpha value is -3.06. The molecule has 6 nitrogen and oxygen atoms in total. The number of carbonyl (C=O) groups excluding carboxylic acids is 2. The summed E-state index contributed by atoms with van der Waals surface area (Å²) in [7, 11) is 0. The van der Waals surface area contributed by atoms with Gasteiger partial charge in [0.1, 0.15) is 0 Å². The van der Waals surface area contributed by atoms with Crippen LogP contribution >= 0.6 is 23.2 Å². The number of likely N-dealkylation sites (tertiary alicyclic amines) is 2. The molecule has 1 unspecified atom stereocenters. The lowest BCUT2D eigenvalue weighted by molar-refractivity contribution is 0.0616. The van der Waals surface area contributed by atoms with Crippen LogP contribution in [-0.2, 0) is 11.0 Å². The van der Waals surface area contributed by atoms with E-state index in [-0.39, 0.29) is 11.3 Å². The summed E-state index contributed by atoms with van der Waals surface area (Å²) < 4.78 is 0. The molecular formula is C33H38Cl2N4O2. The van der Waals surface area contributed by atoms with Crippen LogP contribution in [0.1, 0.15) is 60.0 Å². The minimum Gasteiger partial charge on any atom is -0.352 e. The van der Waals surface area contributed by atoms with Gasteiger partial charge in [0.2, 0.25) is 0 Å². The van der Waals surface area contributed by atoms with Gasteiger partial charge < -0.3 is 20.9 Å². The zero-order chi connectivity index (χ0) is 28.9. The molecule has 3 aromatic rings. The Bertz CT molecular complexity index is 1350. The van der Waals surface area contributed by atoms with Gasteiger partial charge in [0.05, 0.1) is 15.6 Å². The molecule has 3 N–H and O–H groups in total. The van der Waals surface area contributed by atoms with Gasteiger partial charge in [-0.1, -0.05) is 77.8 Å². The molecule has 3 aromatic carbocycles. The summed E-state index contributed by atoms with van der Waals surface area (Å²) in [6.45, 7) is 4.08. The van der Waals surface area contributed by atoms with Crippen molar-refractivity contribution in [1.82, 2.24) is 15.1 Å². The summed E-state index contributed by atoms with van der Waals surface area (Å²) in [6, 6.07) is 25.1. The average molecular weight is 594 g/mol. The molecule has 3 amide bonds. The van der Waals surface area contributed by atoms with E-state index >= 15 is 0 Å². The standard InChI is InChI=1S/C33H38Cl2N4O2/c34-28-14-13-27(23-29(28)35)32(16-8-20-39(24-32)30(40)25-9-3-1-4-10-25)15-7-19-38-21-17-33(18-22-38,37-31(36)41)26-11-5-2-6-12-26/h1-6,9-14,23H,7-8,15-22,24H2,(H3,36,37,41). The largest absolute Gasteiger partial charge is 0.352 e. The van der Waals surface area contributed by atoms with Gasteiger partial charge in [0, 0.05) is 37.2 Å². The Morgan fingerprint density at radius 3 is 2.17 bits per heavy atom. The van der Waals surface area contributed by atoms with Gasteiger partial charge in [-0.25, -0.2) is 4.79 Å². The third kappa shape index (κ3) is 6.72. The van der Waals surface area contributed by atoms with E-state index in [1.54, 1.807) is 0 Å². The van der Waals surface area contributed by atoms with Crippen LogP contribution in [0.2, 0.25) is 10.0 Å². The van der Waals surface area contributed by atoms with Crippen molar-refractivity contribution in [2.24, 2.45) is 5.73 Å². The van der Waals surface area contributed by atoms with Gasteiger partial charge in [-0.3, -0.25) is 4.79 Å². The highest BCUT2D eigenvalue weighted by Crippen LogP contribution is 2.41. The second kappa shape index (κ2) is 12.8. The lowest BCUT2D eigenvalue weighted by atomic mass is 9.70. The first-order valence-electron chi connectivity index (χ1n) is 14.5. The van der Waals surface area contributed by atoms with Crippen LogP contribution in [0.3, 0.4) is 0 Å². The number of rotatable bonds is 8. The molecule has 8 heteroatoms. The molecule has 41 heavy (non-hydrogen) atoms. The molecule has 0 spiro atoms. The number of halogens is 2. The minimum atomic E-state index is -0.488. The van der Waals surface area contributed by atoms with Crippen LogP contribution in [-0.4, -0.2) is 54.5 Å². The Morgan fingerprint density at radius 2 is 1.51 bits per heavy atom. The summed E-state index contributed by atoms with van der Waals surface area (Å²) >= 11 is 12.8. The second-order valence-corrected chi connectivity index (χ2v) is 12.3. The zero-order valence-corrected chi connectivity index (χ0v) is 24.8. The number of carbonyl (C=O) groups is 2. The Balaban J connectivity index is 1.29. The summed E-state index contributed by atoms with van der Waals surface area (Å²) in [4.78, 5) is 29.8. The predicted molar refractivity (Wildman–Crippen MR) is 165 cm³/mol. The number of benzene rings is 3. The fourth-order valence-corrected chi connectivity index (χ4v) is 7.05. The van der Waals surface area contributed by atoms with E-state index in [2.05, 4.69) is 28.4 Å². The van der Waals surface area contributed by atoms with Crippen molar-refractivity contribution in [3.63, 3.8) is 0 Å². The molecule has 2 heterocycles. The molecule has 2 aliphatic rings. The van der Waals surface area contributed by atoms with Gasteiger partial charge in [0.25, 0.3) is 5.91 Å². The number of primary amides is 1. The van der Waals surface area contributed by atoms with E-state index in [1.807, 2.05) is 65.6 Å². The highest BCUT2D eigenvalue weighted by molar-refractivity contribution is 6.42. The lowest BCUT2D eigenvalue weighted by Crippen LogP contribution is -2.54. The monoisotopic (exact) mass is 592 g/mol. The molecule has 0 aromatic heterocycles. The number of piperidine rings is 2. The minimum absolute atomic E-state index is 0.0740. The molecule has 2 saturated heterocycles. The maximum atomic E-state index is 13.4. The number of nitrogens with zero attached hydrogens (tertiary/aromatic N) is 2. The first kappa shape index (κ1) is 29.4. The SMILES string of the molecule is NC(=O)NC1(c2ccccc2)CCN(CCCC2(c3ccc(Cl)c(Cl)c3)CCCN(C(=O)c3ccccc3)C2)CC1. The number of nitrogens with two attached hydrogens (primary N) is 1. The van der Waals surface area contributed by atoms with E-state index in [1.165, 1.54) is 0 Å². The Kier molecular flexibility index (Phi) is 9.22. The molecule has 2 fully saturated rings. The van der Waals surface area contributed by atoms with E-state index in [0.29, 0.717) is 16.6 Å². The maximum Gasteiger partial charge on any atom is 0.312 e. The van der Waals surface area contributed by atoms with Crippen LogP contribution < -0.4 is 11.1 Å². The van der Waals surface area contributed by atoms with Crippen LogP contribution in [0.25, 0.3) is 0 Å². The Morgan fingerprint density at radius 1 is 0.829 bits per heavy atom. The first-order valence-corrected chi connectivity index (χ1v) is 15.2. The highest BCUT2D eigenvalue weighted by atomic mass is 35.5. The Labute approximate surface area is 252 Å². The molecule has 2 aliphatic heterocycles. The van der Waals surface area contributed by atoms with Gasteiger partial charge in [0.15, 0.2) is 0 Å². The second-order valence-electron chi connectivity index (χ2n) is 11.5. The number of nitrogens with one attached hydrogen (secondary N) is 1. The number of hydrogen-bond acceptors (Lipinski definition) is 3. The van der Waals surface area contributed by atoms with Crippen LogP contribution in [0.5, 0.6) is 0 Å². The van der Waals surface area contributed by atoms with Gasteiger partial charge >= 0.3 is 6.03 Å². The van der Waals surface area contributed by atoms with E-state index in [4.69, 9.17) is 28.9 Å². The molecular weight excluding hydrogens is 555 g/mol. The predicted octanol–water partition coefficient (Wildman–Crippen LogP) is 6.61. The van der Waals surface area contributed by atoms with Crippen molar-refractivity contribution in [3.05, 3.63) is 106 Å². The van der Waals surface area contributed by atoms with Crippen LogP contribution in [0, 0.1) is 0 Å². The number of amides is 3. The first-order chi connectivity index (χ1) is 19.8. The normalized spacial score (nSPS) is 20.9. The number of hydrogen-bond donors (Lipinski definition) is 2. The maximum absolute atomic E-state index is 13.4. The third-order valence-corrected chi connectivity index (χ3v) is 9.68. The molecule has 1 atom stereocenters. The molecule has 0 saturated carbocycles. The molecule has 0 radical (unpaired) electrons. The molecule has 216 valence electrons. The van der Waals surface area contributed by atoms with Crippen LogP contribution in [0.15, 0.2) is 78.9 Å². The summed E-state index contributed by atoms with van der Waals surface area (Å²) in [5.41, 5.74) is 7.92. The van der Waals surface area contributed by atoms with Crippen molar-refractivity contribution in [2.75, 3.05) is 32.7 Å². The van der Waals surface area contributed by atoms with Crippen molar-refractivity contribution < 1.29 is 9.59 Å². The zero-order valence-electron chi connectivity index (χ0n) is 23.3. The van der Waals surface area contributed by atoms with Crippen molar-refractivity contribution >= 4 is 35.1 Å². The summed E-state index contributed by atoms with van der Waals surface area (Å²) in [5, 5.41) is 4.14. The molecule has 0 bridgehead atoms. The number of urea groups is 1. The molecule has 0 aliphatic carbocycles. The third-order valence-electron chi connectivity index (χ3n) is 8.94. The van der Waals surface area contributed by atoms with E-state index < -0.39 is 11.6 Å². The van der Waals surface area contributed by atoms with Crippen molar-refractivity contribution in [2.45, 2.75) is 49.5 Å².